The van der Waals surface area contributed by atoms with Crippen molar-refractivity contribution in [3.05, 3.63) is 30.3 Å². The molecule has 4 heteroatoms. The van der Waals surface area contributed by atoms with E-state index in [1.54, 1.807) is 30.3 Å². The molecule has 0 bridgehead atoms. The fourth-order valence-corrected chi connectivity index (χ4v) is 1.14. The van der Waals surface area contributed by atoms with Crippen LogP contribution in [0.5, 0.6) is 5.75 Å². The molecule has 1 fully saturated rings. The molecule has 0 amide bonds. The summed E-state index contributed by atoms with van der Waals surface area (Å²) < 4.78 is 29.7. The van der Waals surface area contributed by atoms with Crippen LogP contribution in [-0.2, 0) is 4.79 Å². The summed E-state index contributed by atoms with van der Waals surface area (Å²) >= 11 is 0. The molecule has 1 aromatic rings. The van der Waals surface area contributed by atoms with E-state index in [0.717, 1.165) is 0 Å². The number of rotatable bonds is 2. The zero-order valence-electron chi connectivity index (χ0n) is 7.24. The number of carbonyl (C=O) groups excluding carboxylic acids is 1. The molecule has 2 rings (SSSR count). The molecule has 1 saturated carbocycles. The van der Waals surface area contributed by atoms with Gasteiger partial charge < -0.3 is 4.74 Å². The standard InChI is InChI=1S/C10H8F2O2/c11-10(12)6-8(10)9(13)14-7-4-2-1-3-5-7/h1-5,8H,6H2. The first kappa shape index (κ1) is 9.12. The summed E-state index contributed by atoms with van der Waals surface area (Å²) in [5.74, 6) is -4.64. The third kappa shape index (κ3) is 1.73. The van der Waals surface area contributed by atoms with Crippen LogP contribution in [0.3, 0.4) is 0 Å². The van der Waals surface area contributed by atoms with Gasteiger partial charge in [0.05, 0.1) is 0 Å². The van der Waals surface area contributed by atoms with Crippen molar-refractivity contribution in [2.24, 2.45) is 5.92 Å². The summed E-state index contributed by atoms with van der Waals surface area (Å²) in [5, 5.41) is 0. The highest BCUT2D eigenvalue weighted by Crippen LogP contribution is 2.49. The van der Waals surface area contributed by atoms with Crippen molar-refractivity contribution in [3.8, 4) is 5.75 Å². The zero-order valence-corrected chi connectivity index (χ0v) is 7.24. The molecule has 2 nitrogen and oxygen atoms in total. The molecule has 0 N–H and O–H groups in total. The quantitative estimate of drug-likeness (QED) is 0.538. The van der Waals surface area contributed by atoms with Gasteiger partial charge in [0, 0.05) is 6.42 Å². The number of alkyl halides is 2. The average molecular weight is 198 g/mol. The van der Waals surface area contributed by atoms with Crippen molar-refractivity contribution in [3.63, 3.8) is 0 Å². The molecule has 0 heterocycles. The van der Waals surface area contributed by atoms with E-state index in [2.05, 4.69) is 0 Å². The summed E-state index contributed by atoms with van der Waals surface area (Å²) in [7, 11) is 0. The van der Waals surface area contributed by atoms with Gasteiger partial charge in [0.25, 0.3) is 5.92 Å². The van der Waals surface area contributed by atoms with E-state index in [1.807, 2.05) is 0 Å². The second-order valence-corrected chi connectivity index (χ2v) is 3.25. The van der Waals surface area contributed by atoms with Gasteiger partial charge in [-0.25, -0.2) is 8.78 Å². The van der Waals surface area contributed by atoms with Gasteiger partial charge in [-0.3, -0.25) is 4.79 Å². The van der Waals surface area contributed by atoms with Crippen LogP contribution in [-0.4, -0.2) is 11.9 Å². The second kappa shape index (κ2) is 3.04. The van der Waals surface area contributed by atoms with E-state index in [-0.39, 0.29) is 0 Å². The summed E-state index contributed by atoms with van der Waals surface area (Å²) in [6.07, 6.45) is -0.390. The number of esters is 1. The van der Waals surface area contributed by atoms with Crippen molar-refractivity contribution in [2.75, 3.05) is 0 Å². The maximum atomic E-state index is 12.4. The van der Waals surface area contributed by atoms with Crippen molar-refractivity contribution in [1.82, 2.24) is 0 Å². The number of halogens is 2. The SMILES string of the molecule is O=C(Oc1ccccc1)C1CC1(F)F. The Morgan fingerprint density at radius 1 is 1.36 bits per heavy atom. The number of para-hydroxylation sites is 1. The molecule has 1 unspecified atom stereocenters. The van der Waals surface area contributed by atoms with Crippen LogP contribution in [0.2, 0.25) is 0 Å². The molecule has 1 aliphatic rings. The predicted octanol–water partition coefficient (Wildman–Crippen LogP) is 2.25. The van der Waals surface area contributed by atoms with Crippen molar-refractivity contribution in [2.45, 2.75) is 12.3 Å². The fourth-order valence-electron chi connectivity index (χ4n) is 1.14. The summed E-state index contributed by atoms with van der Waals surface area (Å²) in [4.78, 5) is 11.1. The molecule has 1 atom stereocenters. The van der Waals surface area contributed by atoms with Gasteiger partial charge in [0.15, 0.2) is 0 Å². The minimum Gasteiger partial charge on any atom is -0.426 e. The van der Waals surface area contributed by atoms with Crippen LogP contribution in [0.1, 0.15) is 6.42 Å². The first-order valence-corrected chi connectivity index (χ1v) is 4.24. The van der Waals surface area contributed by atoms with E-state index in [9.17, 15) is 13.6 Å². The Morgan fingerprint density at radius 2 is 1.93 bits per heavy atom. The molecule has 0 aliphatic heterocycles. The Kier molecular flexibility index (Phi) is 1.98. The average Bonchev–Trinajstić information content (AvgIpc) is 2.77. The predicted molar refractivity (Wildman–Crippen MR) is 45.1 cm³/mol. The monoisotopic (exact) mass is 198 g/mol. The van der Waals surface area contributed by atoms with Crippen LogP contribution in [0, 0.1) is 5.92 Å². The van der Waals surface area contributed by atoms with Crippen LogP contribution in [0.25, 0.3) is 0 Å². The van der Waals surface area contributed by atoms with E-state index >= 15 is 0 Å². The van der Waals surface area contributed by atoms with E-state index in [4.69, 9.17) is 4.74 Å². The van der Waals surface area contributed by atoms with Gasteiger partial charge >= 0.3 is 5.97 Å². The van der Waals surface area contributed by atoms with Gasteiger partial charge in [-0.1, -0.05) is 18.2 Å². The Balaban J connectivity index is 1.97. The van der Waals surface area contributed by atoms with Gasteiger partial charge in [-0.15, -0.1) is 0 Å². The lowest BCUT2D eigenvalue weighted by atomic mass is 10.3. The van der Waals surface area contributed by atoms with Crippen LogP contribution < -0.4 is 4.74 Å². The Hall–Kier alpha value is -1.45. The van der Waals surface area contributed by atoms with Gasteiger partial charge in [-0.2, -0.15) is 0 Å². The first-order valence-electron chi connectivity index (χ1n) is 4.24. The summed E-state index contributed by atoms with van der Waals surface area (Å²) in [6.45, 7) is 0. The molecular formula is C10H8F2O2. The summed E-state index contributed by atoms with van der Waals surface area (Å²) in [6, 6.07) is 8.21. The van der Waals surface area contributed by atoms with Crippen LogP contribution >= 0.6 is 0 Å². The molecule has 0 aromatic heterocycles. The van der Waals surface area contributed by atoms with E-state index in [0.29, 0.717) is 5.75 Å². The second-order valence-electron chi connectivity index (χ2n) is 3.25. The molecule has 1 aromatic carbocycles. The lowest BCUT2D eigenvalue weighted by molar-refractivity contribution is -0.138. The topological polar surface area (TPSA) is 26.3 Å². The molecular weight excluding hydrogens is 190 g/mol. The van der Waals surface area contributed by atoms with Gasteiger partial charge in [0.2, 0.25) is 0 Å². The Labute approximate surface area is 79.5 Å². The Bertz CT molecular complexity index is 348. The normalized spacial score (nSPS) is 22.9. The lowest BCUT2D eigenvalue weighted by Gasteiger charge is -2.02. The Morgan fingerprint density at radius 3 is 2.43 bits per heavy atom. The molecule has 1 aliphatic carbocycles. The maximum absolute atomic E-state index is 12.4. The number of carbonyl (C=O) groups is 1. The molecule has 0 saturated heterocycles. The van der Waals surface area contributed by atoms with Crippen molar-refractivity contribution >= 4 is 5.97 Å². The largest absolute Gasteiger partial charge is 0.426 e. The number of hydrogen-bond acceptors (Lipinski definition) is 2. The van der Waals surface area contributed by atoms with Gasteiger partial charge in [-0.05, 0) is 12.1 Å². The fraction of sp³-hybridized carbons (Fsp3) is 0.300. The minimum absolute atomic E-state index is 0.306. The minimum atomic E-state index is -2.86. The van der Waals surface area contributed by atoms with Crippen molar-refractivity contribution in [1.29, 1.82) is 0 Å². The number of benzene rings is 1. The van der Waals surface area contributed by atoms with Crippen LogP contribution in [0.15, 0.2) is 30.3 Å². The molecule has 0 radical (unpaired) electrons. The van der Waals surface area contributed by atoms with Crippen molar-refractivity contribution < 1.29 is 18.3 Å². The molecule has 14 heavy (non-hydrogen) atoms. The molecule has 74 valence electrons. The number of ether oxygens (including phenoxy) is 1. The zero-order chi connectivity index (χ0) is 10.2. The molecule has 0 spiro atoms. The third-order valence-corrected chi connectivity index (χ3v) is 2.07. The number of hydrogen-bond donors (Lipinski definition) is 0. The highest BCUT2D eigenvalue weighted by Gasteiger charge is 2.62. The highest BCUT2D eigenvalue weighted by atomic mass is 19.3. The highest BCUT2D eigenvalue weighted by molar-refractivity contribution is 5.79. The third-order valence-electron chi connectivity index (χ3n) is 2.07. The lowest BCUT2D eigenvalue weighted by Crippen LogP contribution is -2.14. The van der Waals surface area contributed by atoms with E-state index < -0.39 is 24.2 Å². The maximum Gasteiger partial charge on any atom is 0.320 e. The van der Waals surface area contributed by atoms with Gasteiger partial charge in [0.1, 0.15) is 11.7 Å². The smallest absolute Gasteiger partial charge is 0.320 e. The first-order chi connectivity index (χ1) is 6.59. The van der Waals surface area contributed by atoms with Crippen LogP contribution in [0.4, 0.5) is 8.78 Å². The summed E-state index contributed by atoms with van der Waals surface area (Å²) in [5.41, 5.74) is 0. The van der Waals surface area contributed by atoms with E-state index in [1.165, 1.54) is 0 Å².